The molecule has 1 N–H and O–H groups in total. The number of rotatable bonds is 9. The lowest BCUT2D eigenvalue weighted by atomic mass is 10.2. The first kappa shape index (κ1) is 26.6. The summed E-state index contributed by atoms with van der Waals surface area (Å²) in [5, 5.41) is 4.08. The molecule has 0 saturated heterocycles. The molecule has 1 amide bonds. The zero-order valence-electron chi connectivity index (χ0n) is 20.2. The number of carbonyl (C=O) groups is 2. The normalized spacial score (nSPS) is 11.6. The monoisotopic (exact) mass is 558 g/mol. The molecule has 10 nitrogen and oxygen atoms in total. The minimum absolute atomic E-state index is 0.0270. The summed E-state index contributed by atoms with van der Waals surface area (Å²) in [5.74, 6) is -0.214. The molecule has 37 heavy (non-hydrogen) atoms. The van der Waals surface area contributed by atoms with Gasteiger partial charge < -0.3 is 5.32 Å². The Morgan fingerprint density at radius 2 is 1.78 bits per heavy atom. The van der Waals surface area contributed by atoms with Gasteiger partial charge in [0.15, 0.2) is 5.78 Å². The van der Waals surface area contributed by atoms with Gasteiger partial charge in [-0.05, 0) is 45.0 Å². The second kappa shape index (κ2) is 10.9. The number of ketones is 1. The fourth-order valence-electron chi connectivity index (χ4n) is 3.30. The van der Waals surface area contributed by atoms with Crippen LogP contribution in [0.2, 0.25) is 5.15 Å². The Hall–Kier alpha value is -3.48. The van der Waals surface area contributed by atoms with E-state index < -0.39 is 21.2 Å². The molecule has 0 unspecified atom stereocenters. The summed E-state index contributed by atoms with van der Waals surface area (Å²) in [5.41, 5.74) is 2.71. The molecule has 0 bridgehead atoms. The first-order chi connectivity index (χ1) is 17.5. The maximum atomic E-state index is 12.5. The Morgan fingerprint density at radius 3 is 2.49 bits per heavy atom. The number of Topliss-reactive ketones (excluding diaryl/α,β-unsaturated/α-hetero) is 1. The van der Waals surface area contributed by atoms with Gasteiger partial charge in [-0.2, -0.15) is 0 Å². The molecule has 4 heterocycles. The minimum Gasteiger partial charge on any atom is -0.345 e. The Bertz CT molecular complexity index is 1580. The lowest BCUT2D eigenvalue weighted by Gasteiger charge is -2.09. The van der Waals surface area contributed by atoms with Crippen molar-refractivity contribution in [3.05, 3.63) is 69.7 Å². The lowest BCUT2D eigenvalue weighted by Crippen LogP contribution is -2.30. The Balaban J connectivity index is 1.38. The first-order valence-corrected chi connectivity index (χ1v) is 13.9. The molecule has 192 valence electrons. The largest absolute Gasteiger partial charge is 0.345 e. The standard InChI is InChI=1S/C24H23ClN6O4S2/c1-14(2)37(34,35)31-12-16(9-22(31)25)24(33)27-11-17(32)10-23-30-21(13-36-23)19-6-4-5-18(29-19)20-7-8-26-15(3)28-20/h4-9,12-14H,10-11H2,1-3H3,(H,27,33). The topological polar surface area (TPSA) is 137 Å². The number of amides is 1. The summed E-state index contributed by atoms with van der Waals surface area (Å²) in [7, 11) is -3.71. The van der Waals surface area contributed by atoms with Crippen molar-refractivity contribution in [2.45, 2.75) is 32.4 Å². The summed E-state index contributed by atoms with van der Waals surface area (Å²) in [6.07, 6.45) is 2.85. The number of nitrogens with one attached hydrogen (secondary N) is 1. The molecule has 0 fully saturated rings. The van der Waals surface area contributed by atoms with Crippen molar-refractivity contribution >= 4 is 44.7 Å². The molecule has 0 spiro atoms. The van der Waals surface area contributed by atoms with Crippen LogP contribution in [-0.4, -0.2) is 55.8 Å². The summed E-state index contributed by atoms with van der Waals surface area (Å²) in [6, 6.07) is 8.57. The van der Waals surface area contributed by atoms with E-state index >= 15 is 0 Å². The van der Waals surface area contributed by atoms with Crippen LogP contribution in [0.25, 0.3) is 22.8 Å². The fourth-order valence-corrected chi connectivity index (χ4v) is 5.59. The minimum atomic E-state index is -3.71. The zero-order valence-corrected chi connectivity index (χ0v) is 22.6. The molecule has 0 aromatic carbocycles. The van der Waals surface area contributed by atoms with Gasteiger partial charge in [-0.3, -0.25) is 9.59 Å². The molecular formula is C24H23ClN6O4S2. The molecular weight excluding hydrogens is 536 g/mol. The zero-order chi connectivity index (χ0) is 26.7. The van der Waals surface area contributed by atoms with Crippen LogP contribution >= 0.6 is 22.9 Å². The molecule has 4 aromatic rings. The molecule has 0 atom stereocenters. The number of pyridine rings is 1. The van der Waals surface area contributed by atoms with E-state index in [-0.39, 0.29) is 29.5 Å². The highest BCUT2D eigenvalue weighted by molar-refractivity contribution is 7.90. The number of hydrogen-bond donors (Lipinski definition) is 1. The van der Waals surface area contributed by atoms with Gasteiger partial charge in [-0.1, -0.05) is 17.7 Å². The molecule has 0 saturated carbocycles. The SMILES string of the molecule is Cc1nccc(-c2cccc(-c3csc(CC(=O)CNC(=O)c4cc(Cl)n(S(=O)(=O)C(C)C)c4)n3)n2)n1. The average molecular weight is 559 g/mol. The number of nitrogens with zero attached hydrogens (tertiary/aromatic N) is 5. The van der Waals surface area contributed by atoms with E-state index in [2.05, 4.69) is 25.3 Å². The summed E-state index contributed by atoms with van der Waals surface area (Å²) >= 11 is 7.33. The highest BCUT2D eigenvalue weighted by atomic mass is 35.5. The predicted octanol–water partition coefficient (Wildman–Crippen LogP) is 3.55. The van der Waals surface area contributed by atoms with Crippen LogP contribution < -0.4 is 5.32 Å². The fraction of sp³-hybridized carbons (Fsp3) is 0.250. The Labute approximate surface area is 222 Å². The van der Waals surface area contributed by atoms with Gasteiger partial charge in [-0.25, -0.2) is 32.3 Å². The van der Waals surface area contributed by atoms with E-state index in [1.807, 2.05) is 30.5 Å². The third kappa shape index (κ3) is 6.09. The van der Waals surface area contributed by atoms with Gasteiger partial charge in [0.25, 0.3) is 5.91 Å². The van der Waals surface area contributed by atoms with E-state index in [0.29, 0.717) is 33.6 Å². The average Bonchev–Trinajstić information content (AvgIpc) is 3.49. The van der Waals surface area contributed by atoms with Gasteiger partial charge in [0.2, 0.25) is 10.0 Å². The maximum absolute atomic E-state index is 12.5. The quantitative estimate of drug-likeness (QED) is 0.329. The van der Waals surface area contributed by atoms with Crippen LogP contribution in [0.4, 0.5) is 0 Å². The van der Waals surface area contributed by atoms with E-state index in [1.165, 1.54) is 31.3 Å². The van der Waals surface area contributed by atoms with Crippen molar-refractivity contribution in [1.29, 1.82) is 0 Å². The Morgan fingerprint density at radius 1 is 1.08 bits per heavy atom. The van der Waals surface area contributed by atoms with E-state index in [4.69, 9.17) is 11.6 Å². The second-order valence-corrected chi connectivity index (χ2v) is 12.1. The molecule has 4 rings (SSSR count). The van der Waals surface area contributed by atoms with Gasteiger partial charge in [0, 0.05) is 17.8 Å². The maximum Gasteiger partial charge on any atom is 0.253 e. The van der Waals surface area contributed by atoms with E-state index in [9.17, 15) is 18.0 Å². The highest BCUT2D eigenvalue weighted by Gasteiger charge is 2.23. The van der Waals surface area contributed by atoms with Crippen molar-refractivity contribution in [3.63, 3.8) is 0 Å². The Kier molecular flexibility index (Phi) is 7.81. The van der Waals surface area contributed by atoms with Gasteiger partial charge in [0.05, 0.1) is 46.6 Å². The summed E-state index contributed by atoms with van der Waals surface area (Å²) in [6.45, 7) is 4.59. The van der Waals surface area contributed by atoms with Crippen molar-refractivity contribution in [2.75, 3.05) is 6.54 Å². The molecule has 13 heteroatoms. The number of aromatic nitrogens is 5. The third-order valence-corrected chi connectivity index (χ3v) is 8.55. The van der Waals surface area contributed by atoms with Crippen molar-refractivity contribution in [2.24, 2.45) is 0 Å². The number of halogens is 1. The van der Waals surface area contributed by atoms with Crippen LogP contribution in [0.1, 0.15) is 35.0 Å². The molecule has 0 aliphatic carbocycles. The van der Waals surface area contributed by atoms with Crippen LogP contribution in [-0.2, 0) is 21.2 Å². The van der Waals surface area contributed by atoms with Crippen LogP contribution in [0, 0.1) is 6.92 Å². The van der Waals surface area contributed by atoms with Crippen LogP contribution in [0.15, 0.2) is 48.1 Å². The number of thiazole rings is 1. The van der Waals surface area contributed by atoms with Gasteiger partial charge in [-0.15, -0.1) is 11.3 Å². The number of carbonyl (C=O) groups excluding carboxylic acids is 2. The first-order valence-electron chi connectivity index (χ1n) is 11.2. The van der Waals surface area contributed by atoms with Crippen LogP contribution in [0.5, 0.6) is 0 Å². The van der Waals surface area contributed by atoms with Crippen LogP contribution in [0.3, 0.4) is 0 Å². The second-order valence-electron chi connectivity index (χ2n) is 8.36. The van der Waals surface area contributed by atoms with Gasteiger partial charge in [0.1, 0.15) is 16.0 Å². The smallest absolute Gasteiger partial charge is 0.253 e. The van der Waals surface area contributed by atoms with E-state index in [1.54, 1.807) is 12.3 Å². The van der Waals surface area contributed by atoms with Crippen molar-refractivity contribution in [1.82, 2.24) is 29.2 Å². The van der Waals surface area contributed by atoms with E-state index in [0.717, 1.165) is 10.2 Å². The summed E-state index contributed by atoms with van der Waals surface area (Å²) < 4.78 is 25.6. The van der Waals surface area contributed by atoms with Crippen molar-refractivity contribution in [3.8, 4) is 22.8 Å². The predicted molar refractivity (Wildman–Crippen MR) is 141 cm³/mol. The lowest BCUT2D eigenvalue weighted by molar-refractivity contribution is -0.117. The molecule has 0 aliphatic rings. The molecule has 4 aromatic heterocycles. The third-order valence-electron chi connectivity index (χ3n) is 5.27. The van der Waals surface area contributed by atoms with Crippen molar-refractivity contribution < 1.29 is 18.0 Å². The number of hydrogen-bond acceptors (Lipinski definition) is 9. The highest BCUT2D eigenvalue weighted by Crippen LogP contribution is 2.24. The molecule has 0 radical (unpaired) electrons. The number of aryl methyl sites for hydroxylation is 1. The van der Waals surface area contributed by atoms with Gasteiger partial charge >= 0.3 is 0 Å². The summed E-state index contributed by atoms with van der Waals surface area (Å²) in [4.78, 5) is 42.6. The molecule has 0 aliphatic heterocycles.